The second-order valence-electron chi connectivity index (χ2n) is 7.54. The Morgan fingerprint density at radius 2 is 1.52 bits per heavy atom. The first-order valence-electron chi connectivity index (χ1n) is 10.3. The molecule has 0 radical (unpaired) electrons. The molecule has 0 N–H and O–H groups in total. The van der Waals surface area contributed by atoms with E-state index in [1.54, 1.807) is 0 Å². The van der Waals surface area contributed by atoms with Crippen molar-refractivity contribution in [3.8, 4) is 23.0 Å². The molecule has 1 fully saturated rings. The van der Waals surface area contributed by atoms with E-state index in [2.05, 4.69) is 80.1 Å². The zero-order chi connectivity index (χ0) is 19.9. The van der Waals surface area contributed by atoms with Crippen LogP contribution in [0, 0.1) is 11.8 Å². The minimum atomic E-state index is 0.826. The van der Waals surface area contributed by atoms with E-state index in [-0.39, 0.29) is 0 Å². The zero-order valence-electron chi connectivity index (χ0n) is 16.6. The minimum Gasteiger partial charge on any atom is -0.299 e. The van der Waals surface area contributed by atoms with Gasteiger partial charge in [0.25, 0.3) is 0 Å². The third-order valence-electron chi connectivity index (χ3n) is 5.32. The van der Waals surface area contributed by atoms with Crippen molar-refractivity contribution in [3.05, 3.63) is 88.2 Å². The van der Waals surface area contributed by atoms with E-state index in [1.807, 2.05) is 24.4 Å². The van der Waals surface area contributed by atoms with Gasteiger partial charge in [0, 0.05) is 29.2 Å². The molecule has 0 unspecified atom stereocenters. The molecule has 0 saturated carbocycles. The lowest BCUT2D eigenvalue weighted by molar-refractivity contribution is 0.331. The molecule has 4 rings (SSSR count). The fourth-order valence-electron chi connectivity index (χ4n) is 3.65. The second-order valence-corrected chi connectivity index (χ2v) is 8.46. The third kappa shape index (κ3) is 5.79. The number of benzene rings is 2. The topological polar surface area (TPSA) is 16.1 Å². The number of pyridine rings is 1. The van der Waals surface area contributed by atoms with Crippen LogP contribution in [0.15, 0.2) is 71.3 Å². The molecule has 1 aromatic heterocycles. The Morgan fingerprint density at radius 1 is 0.828 bits per heavy atom. The highest BCUT2D eigenvalue weighted by molar-refractivity contribution is 9.10. The monoisotopic (exact) mass is 444 g/mol. The number of hydrogen-bond acceptors (Lipinski definition) is 2. The SMILES string of the molecule is Brc1ccc(-c2ccc(C#CCCc3ccc(CN4CCCC4)cc3)nc2)cc1. The Labute approximate surface area is 182 Å². The highest BCUT2D eigenvalue weighted by Gasteiger charge is 2.11. The van der Waals surface area contributed by atoms with Gasteiger partial charge in [-0.1, -0.05) is 64.3 Å². The number of rotatable bonds is 5. The molecule has 2 heterocycles. The molecule has 2 nitrogen and oxygen atoms in total. The summed E-state index contributed by atoms with van der Waals surface area (Å²) in [7, 11) is 0. The number of aromatic nitrogens is 1. The van der Waals surface area contributed by atoms with Crippen LogP contribution in [0.25, 0.3) is 11.1 Å². The van der Waals surface area contributed by atoms with E-state index in [1.165, 1.54) is 37.1 Å². The third-order valence-corrected chi connectivity index (χ3v) is 5.85. The van der Waals surface area contributed by atoms with Crippen molar-refractivity contribution in [3.63, 3.8) is 0 Å². The van der Waals surface area contributed by atoms with Crippen LogP contribution in [-0.2, 0) is 13.0 Å². The summed E-state index contributed by atoms with van der Waals surface area (Å²) in [6, 6.07) is 21.4. The standard InChI is InChI=1S/C26H25BrN2/c27-25-14-11-23(12-15-25)24-13-16-26(28-19-24)6-2-1-5-21-7-9-22(10-8-21)20-29-17-3-4-18-29/h7-16,19H,1,3-5,17-18,20H2. The molecule has 1 saturated heterocycles. The molecule has 1 aliphatic heterocycles. The van der Waals surface area contributed by atoms with Gasteiger partial charge in [0.15, 0.2) is 0 Å². The quantitative estimate of drug-likeness (QED) is 0.442. The maximum absolute atomic E-state index is 4.49. The van der Waals surface area contributed by atoms with E-state index >= 15 is 0 Å². The van der Waals surface area contributed by atoms with Crippen LogP contribution in [0.4, 0.5) is 0 Å². The molecular weight excluding hydrogens is 420 g/mol. The van der Waals surface area contributed by atoms with Crippen molar-refractivity contribution >= 4 is 15.9 Å². The van der Waals surface area contributed by atoms with Crippen LogP contribution < -0.4 is 0 Å². The number of likely N-dealkylation sites (tertiary alicyclic amines) is 1. The van der Waals surface area contributed by atoms with Gasteiger partial charge in [-0.15, -0.1) is 0 Å². The molecule has 146 valence electrons. The highest BCUT2D eigenvalue weighted by atomic mass is 79.9. The molecule has 0 bridgehead atoms. The van der Waals surface area contributed by atoms with Gasteiger partial charge < -0.3 is 0 Å². The van der Waals surface area contributed by atoms with E-state index in [0.717, 1.165) is 40.7 Å². The lowest BCUT2D eigenvalue weighted by Gasteiger charge is -2.14. The second kappa shape index (κ2) is 9.87. The fourth-order valence-corrected chi connectivity index (χ4v) is 3.92. The maximum Gasteiger partial charge on any atom is 0.113 e. The van der Waals surface area contributed by atoms with E-state index in [0.29, 0.717) is 0 Å². The van der Waals surface area contributed by atoms with Gasteiger partial charge in [-0.2, -0.15) is 0 Å². The molecule has 2 aromatic carbocycles. The Balaban J connectivity index is 1.28. The molecule has 0 spiro atoms. The van der Waals surface area contributed by atoms with Gasteiger partial charge >= 0.3 is 0 Å². The number of aryl methyl sites for hydroxylation is 1. The molecular formula is C26H25BrN2. The lowest BCUT2D eigenvalue weighted by Crippen LogP contribution is -2.18. The molecule has 0 amide bonds. The van der Waals surface area contributed by atoms with Crippen LogP contribution in [0.5, 0.6) is 0 Å². The molecule has 1 aliphatic rings. The number of hydrogen-bond donors (Lipinski definition) is 0. The predicted octanol–water partition coefficient (Wildman–Crippen LogP) is 6.09. The van der Waals surface area contributed by atoms with Gasteiger partial charge in [0.05, 0.1) is 0 Å². The first-order chi connectivity index (χ1) is 14.3. The Morgan fingerprint density at radius 3 is 2.21 bits per heavy atom. The summed E-state index contributed by atoms with van der Waals surface area (Å²) < 4.78 is 1.08. The molecule has 3 aromatic rings. The smallest absolute Gasteiger partial charge is 0.113 e. The van der Waals surface area contributed by atoms with Gasteiger partial charge in [-0.25, -0.2) is 4.98 Å². The van der Waals surface area contributed by atoms with Crippen molar-refractivity contribution in [1.82, 2.24) is 9.88 Å². The average molecular weight is 445 g/mol. The van der Waals surface area contributed by atoms with Crippen LogP contribution in [0.1, 0.15) is 36.1 Å². The summed E-state index contributed by atoms with van der Waals surface area (Å²) in [6.45, 7) is 3.58. The minimum absolute atomic E-state index is 0.826. The van der Waals surface area contributed by atoms with Crippen molar-refractivity contribution < 1.29 is 0 Å². The van der Waals surface area contributed by atoms with E-state index < -0.39 is 0 Å². The van der Waals surface area contributed by atoms with Gasteiger partial charge in [-0.05, 0) is 73.2 Å². The lowest BCUT2D eigenvalue weighted by atomic mass is 10.1. The van der Waals surface area contributed by atoms with Crippen LogP contribution in [0.3, 0.4) is 0 Å². The summed E-state index contributed by atoms with van der Waals surface area (Å²) in [5.74, 6) is 6.45. The number of nitrogens with zero attached hydrogens (tertiary/aromatic N) is 2. The van der Waals surface area contributed by atoms with Crippen molar-refractivity contribution in [1.29, 1.82) is 0 Å². The van der Waals surface area contributed by atoms with Gasteiger partial charge in [0.2, 0.25) is 0 Å². The summed E-state index contributed by atoms with van der Waals surface area (Å²) in [5.41, 5.74) is 5.86. The van der Waals surface area contributed by atoms with Crippen molar-refractivity contribution in [2.45, 2.75) is 32.2 Å². The normalized spacial score (nSPS) is 13.8. The summed E-state index contributed by atoms with van der Waals surface area (Å²) in [6.07, 6.45) is 6.42. The molecule has 3 heteroatoms. The Kier molecular flexibility index (Phi) is 6.77. The number of halogens is 1. The first kappa shape index (κ1) is 19.9. The zero-order valence-corrected chi connectivity index (χ0v) is 18.2. The van der Waals surface area contributed by atoms with Crippen LogP contribution in [0.2, 0.25) is 0 Å². The Hall–Kier alpha value is -2.41. The van der Waals surface area contributed by atoms with Gasteiger partial charge in [-0.3, -0.25) is 4.90 Å². The summed E-state index contributed by atoms with van der Waals surface area (Å²) in [4.78, 5) is 7.03. The first-order valence-corrected chi connectivity index (χ1v) is 11.1. The van der Waals surface area contributed by atoms with E-state index in [4.69, 9.17) is 0 Å². The van der Waals surface area contributed by atoms with Crippen molar-refractivity contribution in [2.75, 3.05) is 13.1 Å². The molecule has 0 aliphatic carbocycles. The maximum atomic E-state index is 4.49. The Bertz CT molecular complexity index is 974. The summed E-state index contributed by atoms with van der Waals surface area (Å²) in [5, 5.41) is 0. The largest absolute Gasteiger partial charge is 0.299 e. The molecule has 29 heavy (non-hydrogen) atoms. The fraction of sp³-hybridized carbons (Fsp3) is 0.269. The highest BCUT2D eigenvalue weighted by Crippen LogP contribution is 2.21. The van der Waals surface area contributed by atoms with E-state index in [9.17, 15) is 0 Å². The van der Waals surface area contributed by atoms with Crippen molar-refractivity contribution in [2.24, 2.45) is 0 Å². The van der Waals surface area contributed by atoms with Crippen LogP contribution in [-0.4, -0.2) is 23.0 Å². The van der Waals surface area contributed by atoms with Gasteiger partial charge in [0.1, 0.15) is 5.69 Å². The molecule has 0 atom stereocenters. The van der Waals surface area contributed by atoms with Crippen LogP contribution >= 0.6 is 15.9 Å². The summed E-state index contributed by atoms with van der Waals surface area (Å²) >= 11 is 3.47. The predicted molar refractivity (Wildman–Crippen MR) is 124 cm³/mol. The average Bonchev–Trinajstić information content (AvgIpc) is 3.27.